The Bertz CT molecular complexity index is 1260. The van der Waals surface area contributed by atoms with Crippen LogP contribution in [0.15, 0.2) is 35.5 Å². The molecule has 0 bridgehead atoms. The highest BCUT2D eigenvalue weighted by Crippen LogP contribution is 2.34. The number of rotatable bonds is 4. The average molecular weight is 483 g/mol. The maximum atomic E-state index is 14.0. The van der Waals surface area contributed by atoms with Crippen LogP contribution in [0.4, 0.5) is 10.2 Å². The van der Waals surface area contributed by atoms with E-state index in [1.165, 1.54) is 12.1 Å². The molecule has 2 aliphatic heterocycles. The minimum atomic E-state index is -0.588. The van der Waals surface area contributed by atoms with E-state index in [2.05, 4.69) is 9.89 Å². The number of piperidine rings is 1. The second-order valence-corrected chi connectivity index (χ2v) is 9.51. The van der Waals surface area contributed by atoms with Crippen LogP contribution in [0, 0.1) is 18.7 Å². The topological polar surface area (TPSA) is 66.1 Å². The summed E-state index contributed by atoms with van der Waals surface area (Å²) in [7, 11) is 1.81. The molecule has 0 spiro atoms. The first-order chi connectivity index (χ1) is 16.5. The number of fused-ring (bicyclic) bond motifs is 1. The van der Waals surface area contributed by atoms with Crippen LogP contribution in [0.25, 0.3) is 5.65 Å². The zero-order valence-electron chi connectivity index (χ0n) is 19.4. The number of aliphatic imine (C=N–C) groups is 1. The molecule has 2 saturated heterocycles. The van der Waals surface area contributed by atoms with E-state index in [-0.39, 0.29) is 22.5 Å². The summed E-state index contributed by atoms with van der Waals surface area (Å²) in [6.07, 6.45) is 7.76. The van der Waals surface area contributed by atoms with Gasteiger partial charge in [-0.15, -0.1) is 0 Å². The Balaban J connectivity index is 1.45. The van der Waals surface area contributed by atoms with Crippen LogP contribution >= 0.6 is 11.6 Å². The number of carbonyl (C=O) groups excluding carboxylic acids is 1. The molecule has 0 saturated carbocycles. The summed E-state index contributed by atoms with van der Waals surface area (Å²) in [6, 6.07) is 6.11. The molecule has 34 heavy (non-hydrogen) atoms. The summed E-state index contributed by atoms with van der Waals surface area (Å²) in [4.78, 5) is 26.5. The fourth-order valence-corrected chi connectivity index (χ4v) is 5.33. The number of halogens is 2. The molecule has 1 aromatic carbocycles. The van der Waals surface area contributed by atoms with Crippen LogP contribution in [-0.4, -0.2) is 58.3 Å². The van der Waals surface area contributed by atoms with Gasteiger partial charge in [0.25, 0.3) is 5.91 Å². The van der Waals surface area contributed by atoms with Gasteiger partial charge in [0, 0.05) is 56.6 Å². The Hall–Kier alpha value is -3.00. The van der Waals surface area contributed by atoms with Crippen molar-refractivity contribution >= 4 is 35.2 Å². The molecule has 4 heterocycles. The number of likely N-dealkylation sites (tertiary alicyclic amines) is 1. The molecule has 178 valence electrons. The summed E-state index contributed by atoms with van der Waals surface area (Å²) < 4.78 is 15.8. The van der Waals surface area contributed by atoms with E-state index in [0.717, 1.165) is 61.5 Å². The molecule has 2 atom stereocenters. The minimum Gasteiger partial charge on any atom is -0.356 e. The van der Waals surface area contributed by atoms with Crippen LogP contribution in [0.5, 0.6) is 0 Å². The van der Waals surface area contributed by atoms with Crippen molar-refractivity contribution in [2.75, 3.05) is 31.6 Å². The van der Waals surface area contributed by atoms with Crippen LogP contribution in [0.2, 0.25) is 5.02 Å². The molecule has 5 rings (SSSR count). The first-order valence-corrected chi connectivity index (χ1v) is 12.1. The zero-order chi connectivity index (χ0) is 23.8. The average Bonchev–Trinajstić information content (AvgIpc) is 3.47. The first kappa shape index (κ1) is 22.8. The first-order valence-electron chi connectivity index (χ1n) is 11.8. The second-order valence-electron chi connectivity index (χ2n) is 9.13. The summed E-state index contributed by atoms with van der Waals surface area (Å²) in [5.74, 6) is 0.556. The van der Waals surface area contributed by atoms with Gasteiger partial charge in [0.1, 0.15) is 11.6 Å². The molecule has 2 fully saturated rings. The number of amides is 1. The minimum absolute atomic E-state index is 0.134. The monoisotopic (exact) mass is 482 g/mol. The number of benzene rings is 1. The van der Waals surface area contributed by atoms with Crippen molar-refractivity contribution in [2.45, 2.75) is 38.6 Å². The van der Waals surface area contributed by atoms with Crippen molar-refractivity contribution in [2.24, 2.45) is 10.9 Å². The fraction of sp³-hybridized carbons (Fsp3) is 0.440. The van der Waals surface area contributed by atoms with E-state index in [1.807, 2.05) is 32.4 Å². The number of aryl methyl sites for hydroxylation is 1. The number of carbonyl (C=O) groups is 1. The van der Waals surface area contributed by atoms with E-state index >= 15 is 0 Å². The lowest BCUT2D eigenvalue weighted by molar-refractivity contribution is 0.0605. The maximum absolute atomic E-state index is 14.0. The van der Waals surface area contributed by atoms with Gasteiger partial charge in [-0.05, 0) is 44.7 Å². The highest BCUT2D eigenvalue weighted by atomic mass is 35.5. The molecular weight excluding hydrogens is 455 g/mol. The molecule has 2 aliphatic rings. The molecule has 2 unspecified atom stereocenters. The van der Waals surface area contributed by atoms with Crippen molar-refractivity contribution < 1.29 is 9.18 Å². The van der Waals surface area contributed by atoms with Gasteiger partial charge in [-0.3, -0.25) is 4.79 Å². The predicted octanol–water partition coefficient (Wildman–Crippen LogP) is 4.72. The molecule has 0 N–H and O–H groups in total. The van der Waals surface area contributed by atoms with Gasteiger partial charge in [0.2, 0.25) is 0 Å². The van der Waals surface area contributed by atoms with Crippen LogP contribution in [0.1, 0.15) is 53.3 Å². The van der Waals surface area contributed by atoms with Gasteiger partial charge in [0.15, 0.2) is 5.65 Å². The van der Waals surface area contributed by atoms with E-state index < -0.39 is 5.82 Å². The van der Waals surface area contributed by atoms with Gasteiger partial charge < -0.3 is 14.8 Å². The van der Waals surface area contributed by atoms with Crippen LogP contribution in [-0.2, 0) is 0 Å². The SMILES string of the molecule is CN=CC1CCN(c2nc3cc(C4CCCCN4C(=O)c4cccc(F)c4Cl)nn3cc2C)C1. The van der Waals surface area contributed by atoms with Gasteiger partial charge in [-0.25, -0.2) is 13.9 Å². The smallest absolute Gasteiger partial charge is 0.256 e. The lowest BCUT2D eigenvalue weighted by Gasteiger charge is -2.35. The van der Waals surface area contributed by atoms with E-state index in [1.54, 1.807) is 15.5 Å². The van der Waals surface area contributed by atoms with E-state index in [4.69, 9.17) is 21.7 Å². The Morgan fingerprint density at radius 1 is 1.26 bits per heavy atom. The molecule has 0 radical (unpaired) electrons. The van der Waals surface area contributed by atoms with Gasteiger partial charge in [-0.2, -0.15) is 5.10 Å². The third kappa shape index (κ3) is 4.15. The summed E-state index contributed by atoms with van der Waals surface area (Å²) in [5.41, 5.74) is 2.79. The van der Waals surface area contributed by atoms with Crippen molar-refractivity contribution in [1.82, 2.24) is 19.5 Å². The standard InChI is InChI=1S/C25H28ClFN6O/c1-16-14-33-22(29-24(16)31-11-9-17(15-31)13-28-2)12-20(30-33)21-8-3-4-10-32(21)25(34)18-6-5-7-19(27)23(18)26/h5-7,12-14,17,21H,3-4,8-11,15H2,1-2H3. The number of hydrogen-bond donors (Lipinski definition) is 0. The van der Waals surface area contributed by atoms with E-state index in [0.29, 0.717) is 12.5 Å². The van der Waals surface area contributed by atoms with Crippen molar-refractivity contribution in [3.05, 3.63) is 58.1 Å². The van der Waals surface area contributed by atoms with Crippen LogP contribution < -0.4 is 4.90 Å². The third-order valence-corrected chi connectivity index (χ3v) is 7.18. The molecule has 1 amide bonds. The summed E-state index contributed by atoms with van der Waals surface area (Å²) in [6.45, 7) is 4.48. The second kappa shape index (κ2) is 9.33. The van der Waals surface area contributed by atoms with Gasteiger partial charge in [0.05, 0.1) is 22.3 Å². The lowest BCUT2D eigenvalue weighted by atomic mass is 9.98. The highest BCUT2D eigenvalue weighted by Gasteiger charge is 2.32. The van der Waals surface area contributed by atoms with Crippen molar-refractivity contribution in [3.8, 4) is 0 Å². The summed E-state index contributed by atoms with van der Waals surface area (Å²) >= 11 is 6.13. The predicted molar refractivity (Wildman–Crippen MR) is 131 cm³/mol. The number of anilines is 1. The largest absolute Gasteiger partial charge is 0.356 e. The molecule has 0 aliphatic carbocycles. The molecule has 9 heteroatoms. The Morgan fingerprint density at radius 3 is 2.94 bits per heavy atom. The van der Waals surface area contributed by atoms with Crippen molar-refractivity contribution in [1.29, 1.82) is 0 Å². The molecular formula is C25H28ClFN6O. The van der Waals surface area contributed by atoms with Crippen molar-refractivity contribution in [3.63, 3.8) is 0 Å². The maximum Gasteiger partial charge on any atom is 0.256 e. The van der Waals surface area contributed by atoms with Gasteiger partial charge in [-0.1, -0.05) is 17.7 Å². The van der Waals surface area contributed by atoms with Crippen LogP contribution in [0.3, 0.4) is 0 Å². The Morgan fingerprint density at radius 2 is 2.12 bits per heavy atom. The van der Waals surface area contributed by atoms with Gasteiger partial charge >= 0.3 is 0 Å². The molecule has 3 aromatic rings. The third-order valence-electron chi connectivity index (χ3n) is 6.80. The number of nitrogens with zero attached hydrogens (tertiary/aromatic N) is 6. The summed E-state index contributed by atoms with van der Waals surface area (Å²) in [5, 5.41) is 4.66. The number of hydrogen-bond acceptors (Lipinski definition) is 5. The molecule has 2 aromatic heterocycles. The Kier molecular flexibility index (Phi) is 6.25. The fourth-order valence-electron chi connectivity index (χ4n) is 5.12. The lowest BCUT2D eigenvalue weighted by Crippen LogP contribution is -2.39. The highest BCUT2D eigenvalue weighted by molar-refractivity contribution is 6.34. The zero-order valence-corrected chi connectivity index (χ0v) is 20.2. The Labute approximate surface area is 203 Å². The van der Waals surface area contributed by atoms with E-state index in [9.17, 15) is 9.18 Å². The quantitative estimate of drug-likeness (QED) is 0.504. The molecule has 7 nitrogen and oxygen atoms in total. The normalized spacial score (nSPS) is 21.2. The number of aromatic nitrogens is 3.